The van der Waals surface area contributed by atoms with Crippen LogP contribution >= 0.6 is 22.7 Å². The van der Waals surface area contributed by atoms with E-state index in [-0.39, 0.29) is 11.9 Å². The Balaban J connectivity index is 1.79. The summed E-state index contributed by atoms with van der Waals surface area (Å²) in [6.07, 6.45) is 0.857. The normalized spacial score (nSPS) is 15.8. The minimum Gasteiger partial charge on any atom is -0.496 e. The molecule has 5 nitrogen and oxygen atoms in total. The number of hydrogen-bond donors (Lipinski definition) is 0. The minimum absolute atomic E-state index is 0.0759. The first kappa shape index (κ1) is 18.8. The average Bonchev–Trinajstić information content (AvgIpc) is 3.43. The predicted octanol–water partition coefficient (Wildman–Crippen LogP) is 4.62. The molecular weight excluding hydrogens is 394 g/mol. The van der Waals surface area contributed by atoms with Crippen molar-refractivity contribution in [3.05, 3.63) is 62.0 Å². The van der Waals surface area contributed by atoms with Gasteiger partial charge in [-0.2, -0.15) is 0 Å². The Morgan fingerprint density at radius 1 is 1.00 bits per heavy atom. The number of thiophene rings is 2. The maximum absolute atomic E-state index is 13.6. The Morgan fingerprint density at radius 3 is 2.43 bits per heavy atom. The van der Waals surface area contributed by atoms with Crippen molar-refractivity contribution >= 4 is 28.6 Å². The zero-order chi connectivity index (χ0) is 19.7. The predicted molar refractivity (Wildman–Crippen MR) is 111 cm³/mol. The highest BCUT2D eigenvalue weighted by atomic mass is 32.1. The molecule has 0 aliphatic carbocycles. The van der Waals surface area contributed by atoms with E-state index in [9.17, 15) is 4.79 Å². The number of carbonyl (C=O) groups is 1. The summed E-state index contributed by atoms with van der Waals surface area (Å²) >= 11 is 3.43. The molecule has 0 saturated heterocycles. The van der Waals surface area contributed by atoms with Crippen LogP contribution in [-0.2, 0) is 6.42 Å². The van der Waals surface area contributed by atoms with E-state index < -0.39 is 0 Å². The van der Waals surface area contributed by atoms with E-state index in [1.165, 1.54) is 10.4 Å². The molecule has 0 N–H and O–H groups in total. The Hall–Kier alpha value is -2.51. The third kappa shape index (κ3) is 3.14. The second-order valence-electron chi connectivity index (χ2n) is 6.37. The number of benzene rings is 1. The molecule has 0 radical (unpaired) electrons. The van der Waals surface area contributed by atoms with E-state index in [0.29, 0.717) is 29.4 Å². The van der Waals surface area contributed by atoms with Gasteiger partial charge in [-0.15, -0.1) is 22.7 Å². The highest BCUT2D eigenvalue weighted by molar-refractivity contribution is 7.10. The van der Waals surface area contributed by atoms with Crippen molar-refractivity contribution in [2.24, 2.45) is 0 Å². The fourth-order valence-corrected chi connectivity index (χ4v) is 5.40. The van der Waals surface area contributed by atoms with Crippen molar-refractivity contribution in [2.75, 3.05) is 27.9 Å². The van der Waals surface area contributed by atoms with E-state index >= 15 is 0 Å². The smallest absolute Gasteiger partial charge is 0.258 e. The lowest BCUT2D eigenvalue weighted by Crippen LogP contribution is -2.40. The van der Waals surface area contributed by atoms with Gasteiger partial charge in [0.05, 0.1) is 32.9 Å². The van der Waals surface area contributed by atoms with Gasteiger partial charge >= 0.3 is 0 Å². The molecule has 1 atom stereocenters. The molecule has 146 valence electrons. The van der Waals surface area contributed by atoms with Crippen LogP contribution in [-0.4, -0.2) is 38.7 Å². The van der Waals surface area contributed by atoms with Gasteiger partial charge in [-0.25, -0.2) is 0 Å². The van der Waals surface area contributed by atoms with Crippen molar-refractivity contribution in [3.8, 4) is 17.2 Å². The molecular formula is C21H21NO4S2. The van der Waals surface area contributed by atoms with Crippen LogP contribution in [0.4, 0.5) is 0 Å². The van der Waals surface area contributed by atoms with Gasteiger partial charge in [-0.1, -0.05) is 6.07 Å². The summed E-state index contributed by atoms with van der Waals surface area (Å²) in [4.78, 5) is 18.1. The van der Waals surface area contributed by atoms with E-state index in [4.69, 9.17) is 14.2 Å². The van der Waals surface area contributed by atoms with Crippen LogP contribution in [0.15, 0.2) is 41.1 Å². The largest absolute Gasteiger partial charge is 0.496 e. The third-order valence-corrected chi connectivity index (χ3v) is 6.90. The molecule has 0 bridgehead atoms. The molecule has 28 heavy (non-hydrogen) atoms. The Kier molecular flexibility index (Phi) is 5.28. The monoisotopic (exact) mass is 415 g/mol. The molecule has 2 aromatic heterocycles. The van der Waals surface area contributed by atoms with Crippen LogP contribution in [0.3, 0.4) is 0 Å². The number of ether oxygens (including phenoxy) is 3. The van der Waals surface area contributed by atoms with Crippen molar-refractivity contribution in [2.45, 2.75) is 12.5 Å². The van der Waals surface area contributed by atoms with Crippen molar-refractivity contribution < 1.29 is 19.0 Å². The van der Waals surface area contributed by atoms with Crippen LogP contribution in [0.1, 0.15) is 31.7 Å². The molecule has 1 amide bonds. The number of rotatable bonds is 5. The zero-order valence-corrected chi connectivity index (χ0v) is 17.6. The second-order valence-corrected chi connectivity index (χ2v) is 8.35. The Morgan fingerprint density at radius 2 is 1.75 bits per heavy atom. The van der Waals surface area contributed by atoms with Crippen LogP contribution in [0, 0.1) is 0 Å². The van der Waals surface area contributed by atoms with Crippen molar-refractivity contribution in [3.63, 3.8) is 0 Å². The maximum atomic E-state index is 13.6. The van der Waals surface area contributed by atoms with Gasteiger partial charge < -0.3 is 19.1 Å². The van der Waals surface area contributed by atoms with Gasteiger partial charge in [0.15, 0.2) is 11.5 Å². The lowest BCUT2D eigenvalue weighted by molar-refractivity contribution is 0.0695. The van der Waals surface area contributed by atoms with E-state index in [2.05, 4.69) is 22.9 Å². The average molecular weight is 416 g/mol. The standard InChI is InChI=1S/C21H21NO4S2/c1-24-15-12-17(26-3)16(25-2)11-14(15)21(23)22-8-6-18-13(7-10-28-18)20(22)19-5-4-9-27-19/h4-5,7,9-12,20H,6,8H2,1-3H3. The van der Waals surface area contributed by atoms with Gasteiger partial charge in [0, 0.05) is 28.4 Å². The summed E-state index contributed by atoms with van der Waals surface area (Å²) in [6, 6.07) is 9.57. The molecule has 1 aromatic carbocycles. The number of methoxy groups -OCH3 is 3. The van der Waals surface area contributed by atoms with Gasteiger partial charge in [0.2, 0.25) is 0 Å². The summed E-state index contributed by atoms with van der Waals surface area (Å²) in [5.74, 6) is 1.44. The fraction of sp³-hybridized carbons (Fsp3) is 0.286. The Bertz CT molecular complexity index is 980. The van der Waals surface area contributed by atoms with E-state index in [1.807, 2.05) is 11.0 Å². The quantitative estimate of drug-likeness (QED) is 0.610. The van der Waals surface area contributed by atoms with Crippen molar-refractivity contribution in [1.29, 1.82) is 0 Å². The van der Waals surface area contributed by atoms with Crippen LogP contribution in [0.25, 0.3) is 0 Å². The van der Waals surface area contributed by atoms with Gasteiger partial charge in [0.25, 0.3) is 5.91 Å². The van der Waals surface area contributed by atoms with Gasteiger partial charge in [-0.05, 0) is 34.9 Å². The first-order valence-electron chi connectivity index (χ1n) is 8.88. The summed E-state index contributed by atoms with van der Waals surface area (Å²) in [5.41, 5.74) is 1.69. The highest BCUT2D eigenvalue weighted by Gasteiger charge is 2.35. The number of carbonyl (C=O) groups excluding carboxylic acids is 1. The fourth-order valence-electron chi connectivity index (χ4n) is 3.64. The second kappa shape index (κ2) is 7.85. The molecule has 1 unspecified atom stereocenters. The van der Waals surface area contributed by atoms with Crippen LogP contribution < -0.4 is 14.2 Å². The molecule has 0 spiro atoms. The SMILES string of the molecule is COc1cc(OC)c(C(=O)N2CCc3sccc3C2c2cccs2)cc1OC. The molecule has 1 aliphatic heterocycles. The molecule has 7 heteroatoms. The number of fused-ring (bicyclic) bond motifs is 1. The van der Waals surface area contributed by atoms with Crippen LogP contribution in [0.5, 0.6) is 17.2 Å². The van der Waals surface area contributed by atoms with Crippen molar-refractivity contribution in [1.82, 2.24) is 4.90 Å². The van der Waals surface area contributed by atoms with Crippen LogP contribution in [0.2, 0.25) is 0 Å². The Labute approximate surface area is 172 Å². The summed E-state index contributed by atoms with van der Waals surface area (Å²) in [6.45, 7) is 0.659. The molecule has 4 rings (SSSR count). The van der Waals surface area contributed by atoms with E-state index in [0.717, 1.165) is 11.3 Å². The minimum atomic E-state index is -0.0831. The highest BCUT2D eigenvalue weighted by Crippen LogP contribution is 2.42. The molecule has 3 heterocycles. The van der Waals surface area contributed by atoms with Gasteiger partial charge in [0.1, 0.15) is 5.75 Å². The molecule has 0 fully saturated rings. The first-order valence-corrected chi connectivity index (χ1v) is 10.6. The van der Waals surface area contributed by atoms with Gasteiger partial charge in [-0.3, -0.25) is 4.79 Å². The maximum Gasteiger partial charge on any atom is 0.258 e. The zero-order valence-electron chi connectivity index (χ0n) is 15.9. The number of amides is 1. The summed E-state index contributed by atoms with van der Waals surface area (Å²) < 4.78 is 16.3. The number of hydrogen-bond acceptors (Lipinski definition) is 6. The summed E-state index contributed by atoms with van der Waals surface area (Å²) in [7, 11) is 4.68. The first-order chi connectivity index (χ1) is 13.7. The lowest BCUT2D eigenvalue weighted by Gasteiger charge is -2.36. The molecule has 3 aromatic rings. The summed E-state index contributed by atoms with van der Waals surface area (Å²) in [5, 5.41) is 4.16. The molecule has 1 aliphatic rings. The van der Waals surface area contributed by atoms with E-state index in [1.54, 1.807) is 56.1 Å². The number of nitrogens with zero attached hydrogens (tertiary/aromatic N) is 1. The topological polar surface area (TPSA) is 48.0 Å². The molecule has 0 saturated carbocycles. The lowest BCUT2D eigenvalue weighted by atomic mass is 9.97. The third-order valence-electron chi connectivity index (χ3n) is 4.98.